The van der Waals surface area contributed by atoms with Crippen LogP contribution in [0.1, 0.15) is 23.9 Å². The fourth-order valence-corrected chi connectivity index (χ4v) is 4.44. The number of aromatic nitrogens is 3. The molecule has 1 aliphatic heterocycles. The Bertz CT molecular complexity index is 827. The highest BCUT2D eigenvalue weighted by atomic mass is 32.1. The van der Waals surface area contributed by atoms with Gasteiger partial charge in [0, 0.05) is 26.0 Å². The maximum Gasteiger partial charge on any atom is 0.180 e. The summed E-state index contributed by atoms with van der Waals surface area (Å²) >= 11 is 7.28. The molecule has 3 aromatic rings. The Morgan fingerprint density at radius 2 is 2.18 bits per heavy atom. The first-order valence-corrected chi connectivity index (χ1v) is 8.76. The molecule has 114 valence electrons. The lowest BCUT2D eigenvalue weighted by atomic mass is 10.2. The van der Waals surface area contributed by atoms with Gasteiger partial charge in [-0.15, -0.1) is 11.3 Å². The van der Waals surface area contributed by atoms with Crippen LogP contribution in [-0.4, -0.2) is 25.6 Å². The van der Waals surface area contributed by atoms with E-state index in [1.54, 1.807) is 0 Å². The third kappa shape index (κ3) is 2.41. The lowest BCUT2D eigenvalue weighted by molar-refractivity contribution is 0.200. The van der Waals surface area contributed by atoms with E-state index in [0.717, 1.165) is 23.5 Å². The van der Waals surface area contributed by atoms with Crippen molar-refractivity contribution in [1.29, 1.82) is 0 Å². The van der Waals surface area contributed by atoms with Crippen molar-refractivity contribution in [3.05, 3.63) is 46.4 Å². The third-order valence-corrected chi connectivity index (χ3v) is 5.97. The average molecular weight is 330 g/mol. The second-order valence-electron chi connectivity index (χ2n) is 5.79. The maximum absolute atomic E-state index is 5.46. The minimum atomic E-state index is 0.416. The maximum atomic E-state index is 5.46. The predicted molar refractivity (Wildman–Crippen MR) is 92.5 cm³/mol. The van der Waals surface area contributed by atoms with Crippen molar-refractivity contribution >= 4 is 33.8 Å². The van der Waals surface area contributed by atoms with Crippen LogP contribution in [0.25, 0.3) is 10.2 Å². The Morgan fingerprint density at radius 1 is 1.32 bits per heavy atom. The van der Waals surface area contributed by atoms with Gasteiger partial charge in [-0.3, -0.25) is 4.90 Å². The highest BCUT2D eigenvalue weighted by Crippen LogP contribution is 2.36. The van der Waals surface area contributed by atoms with Crippen LogP contribution in [0.3, 0.4) is 0 Å². The second-order valence-corrected chi connectivity index (χ2v) is 7.22. The third-order valence-electron chi connectivity index (χ3n) is 4.31. The lowest BCUT2D eigenvalue weighted by Crippen LogP contribution is -2.26. The Morgan fingerprint density at radius 3 is 2.95 bits per heavy atom. The Balaban J connectivity index is 1.63. The summed E-state index contributed by atoms with van der Waals surface area (Å²) in [7, 11) is 1.99. The van der Waals surface area contributed by atoms with E-state index in [2.05, 4.69) is 39.9 Å². The molecule has 4 rings (SSSR count). The number of fused-ring (bicyclic) bond motifs is 1. The molecule has 1 atom stereocenters. The molecule has 0 bridgehead atoms. The zero-order valence-electron chi connectivity index (χ0n) is 12.5. The van der Waals surface area contributed by atoms with Crippen LogP contribution in [-0.2, 0) is 13.7 Å². The summed E-state index contributed by atoms with van der Waals surface area (Å²) in [5.74, 6) is 0. The Labute approximate surface area is 138 Å². The quantitative estimate of drug-likeness (QED) is 0.680. The zero-order valence-corrected chi connectivity index (χ0v) is 14.1. The van der Waals surface area contributed by atoms with E-state index >= 15 is 0 Å². The number of para-hydroxylation sites is 1. The van der Waals surface area contributed by atoms with Gasteiger partial charge in [0.15, 0.2) is 4.77 Å². The minimum absolute atomic E-state index is 0.416. The molecule has 0 radical (unpaired) electrons. The standard InChI is InChI=1S/C16H18N4S2/c1-18-9-10-20(16(18)21)11-19-8-4-6-13(19)15-17-12-5-2-3-7-14(12)22-15/h2-3,5,7,9-10,13H,4,6,8,11H2,1H3/t13-/m0/s1. The second kappa shape index (κ2) is 5.61. The van der Waals surface area contributed by atoms with Crippen LogP contribution in [0, 0.1) is 4.77 Å². The summed E-state index contributed by atoms with van der Waals surface area (Å²) in [6, 6.07) is 8.81. The largest absolute Gasteiger partial charge is 0.327 e. The van der Waals surface area contributed by atoms with E-state index in [1.807, 2.05) is 29.1 Å². The van der Waals surface area contributed by atoms with Crippen molar-refractivity contribution in [1.82, 2.24) is 19.0 Å². The number of imidazole rings is 1. The normalized spacial score (nSPS) is 19.2. The summed E-state index contributed by atoms with van der Waals surface area (Å²) in [5.41, 5.74) is 1.12. The molecule has 4 nitrogen and oxygen atoms in total. The summed E-state index contributed by atoms with van der Waals surface area (Å²) in [6.07, 6.45) is 6.49. The number of nitrogens with zero attached hydrogens (tertiary/aromatic N) is 4. The van der Waals surface area contributed by atoms with Crippen molar-refractivity contribution in [3.63, 3.8) is 0 Å². The van der Waals surface area contributed by atoms with E-state index in [0.29, 0.717) is 6.04 Å². The fourth-order valence-electron chi connectivity index (χ4n) is 3.12. The number of rotatable bonds is 3. The highest BCUT2D eigenvalue weighted by molar-refractivity contribution is 7.71. The van der Waals surface area contributed by atoms with Crippen LogP contribution < -0.4 is 0 Å². The van der Waals surface area contributed by atoms with Crippen molar-refractivity contribution < 1.29 is 0 Å². The van der Waals surface area contributed by atoms with Gasteiger partial charge >= 0.3 is 0 Å². The number of likely N-dealkylation sites (tertiary alicyclic amines) is 1. The molecule has 22 heavy (non-hydrogen) atoms. The fraction of sp³-hybridized carbons (Fsp3) is 0.375. The molecule has 1 aliphatic rings. The molecule has 1 saturated heterocycles. The zero-order chi connectivity index (χ0) is 15.1. The number of hydrogen-bond acceptors (Lipinski definition) is 4. The van der Waals surface area contributed by atoms with Gasteiger partial charge in [0.1, 0.15) is 5.01 Å². The predicted octanol–water partition coefficient (Wildman–Crippen LogP) is 3.96. The van der Waals surface area contributed by atoms with E-state index in [9.17, 15) is 0 Å². The first-order valence-electron chi connectivity index (χ1n) is 7.53. The molecule has 6 heteroatoms. The average Bonchev–Trinajstić information content (AvgIpc) is 3.22. The highest BCUT2D eigenvalue weighted by Gasteiger charge is 2.28. The topological polar surface area (TPSA) is 26.0 Å². The van der Waals surface area contributed by atoms with Gasteiger partial charge in [0.2, 0.25) is 0 Å². The van der Waals surface area contributed by atoms with Gasteiger partial charge in [-0.1, -0.05) is 12.1 Å². The molecule has 3 heterocycles. The smallest absolute Gasteiger partial charge is 0.180 e. The molecule has 0 unspecified atom stereocenters. The molecule has 1 fully saturated rings. The minimum Gasteiger partial charge on any atom is -0.327 e. The van der Waals surface area contributed by atoms with Crippen LogP contribution in [0.5, 0.6) is 0 Å². The van der Waals surface area contributed by atoms with Gasteiger partial charge in [-0.2, -0.15) is 0 Å². The molecule has 0 spiro atoms. The van der Waals surface area contributed by atoms with E-state index in [1.165, 1.54) is 22.5 Å². The SMILES string of the molecule is Cn1ccn(CN2CCC[C@H]2c2nc3ccccc3s2)c1=S. The molecular weight excluding hydrogens is 312 g/mol. The molecule has 1 aromatic carbocycles. The van der Waals surface area contributed by atoms with Crippen molar-refractivity contribution in [2.45, 2.75) is 25.6 Å². The van der Waals surface area contributed by atoms with E-state index in [4.69, 9.17) is 17.2 Å². The molecule has 0 saturated carbocycles. The van der Waals surface area contributed by atoms with E-state index in [-0.39, 0.29) is 0 Å². The first-order chi connectivity index (χ1) is 10.7. The first kappa shape index (κ1) is 14.1. The molecule has 0 N–H and O–H groups in total. The summed E-state index contributed by atoms with van der Waals surface area (Å²) in [5, 5.41) is 1.24. The van der Waals surface area contributed by atoms with Crippen molar-refractivity contribution in [3.8, 4) is 0 Å². The van der Waals surface area contributed by atoms with E-state index < -0.39 is 0 Å². The van der Waals surface area contributed by atoms with Gasteiger partial charge < -0.3 is 9.13 Å². The number of aryl methyl sites for hydroxylation is 1. The van der Waals surface area contributed by atoms with Gasteiger partial charge in [0.25, 0.3) is 0 Å². The molecular formula is C16H18N4S2. The van der Waals surface area contributed by atoms with Gasteiger partial charge in [-0.05, 0) is 37.2 Å². The van der Waals surface area contributed by atoms with Crippen LogP contribution in [0.15, 0.2) is 36.7 Å². The Kier molecular flexibility index (Phi) is 3.60. The van der Waals surface area contributed by atoms with Gasteiger partial charge in [0.05, 0.1) is 22.9 Å². The summed E-state index contributed by atoms with van der Waals surface area (Å²) < 4.78 is 6.27. The summed E-state index contributed by atoms with van der Waals surface area (Å²) in [4.78, 5) is 7.34. The monoisotopic (exact) mass is 330 g/mol. The van der Waals surface area contributed by atoms with Crippen molar-refractivity contribution in [2.75, 3.05) is 6.54 Å². The van der Waals surface area contributed by atoms with Crippen LogP contribution >= 0.6 is 23.6 Å². The Hall–Kier alpha value is -1.50. The molecule has 0 amide bonds. The number of benzene rings is 1. The number of hydrogen-bond donors (Lipinski definition) is 0. The lowest BCUT2D eigenvalue weighted by Gasteiger charge is -2.23. The van der Waals surface area contributed by atoms with Gasteiger partial charge in [-0.25, -0.2) is 4.98 Å². The van der Waals surface area contributed by atoms with Crippen LogP contribution in [0.4, 0.5) is 0 Å². The van der Waals surface area contributed by atoms with Crippen molar-refractivity contribution in [2.24, 2.45) is 7.05 Å². The van der Waals surface area contributed by atoms with Crippen LogP contribution in [0.2, 0.25) is 0 Å². The molecule has 2 aromatic heterocycles. The number of thiazole rings is 1. The molecule has 0 aliphatic carbocycles. The summed E-state index contributed by atoms with van der Waals surface area (Å²) in [6.45, 7) is 1.96.